The molecule has 1 atom stereocenters. The summed E-state index contributed by atoms with van der Waals surface area (Å²) in [5.74, 6) is 0. The highest BCUT2D eigenvalue weighted by Gasteiger charge is 2.51. The molecule has 0 spiro atoms. The van der Waals surface area contributed by atoms with E-state index in [1.807, 2.05) is 27.7 Å². The van der Waals surface area contributed by atoms with Crippen molar-refractivity contribution in [3.8, 4) is 0 Å². The molecule has 24 heavy (non-hydrogen) atoms. The van der Waals surface area contributed by atoms with Crippen LogP contribution in [0.25, 0.3) is 0 Å². The van der Waals surface area contributed by atoms with E-state index in [1.165, 1.54) is 4.31 Å². The van der Waals surface area contributed by atoms with Crippen LogP contribution < -0.4 is 5.46 Å². The molecule has 0 amide bonds. The highest BCUT2D eigenvalue weighted by molar-refractivity contribution is 7.89. The van der Waals surface area contributed by atoms with Crippen LogP contribution in [0.5, 0.6) is 0 Å². The molecule has 1 aromatic carbocycles. The summed E-state index contributed by atoms with van der Waals surface area (Å²) in [6, 6.07) is 6.59. The fourth-order valence-electron chi connectivity index (χ4n) is 2.85. The molecule has 1 N–H and O–H groups in total. The number of sulfonamides is 1. The largest absolute Gasteiger partial charge is 0.494 e. The van der Waals surface area contributed by atoms with Crippen molar-refractivity contribution in [1.29, 1.82) is 0 Å². The van der Waals surface area contributed by atoms with Crippen molar-refractivity contribution in [2.45, 2.75) is 56.3 Å². The third-order valence-electron chi connectivity index (χ3n) is 5.17. The van der Waals surface area contributed by atoms with Gasteiger partial charge in [-0.05, 0) is 51.7 Å². The summed E-state index contributed by atoms with van der Waals surface area (Å²) in [6.07, 6.45) is -0.102. The fourth-order valence-corrected chi connectivity index (χ4v) is 4.35. The molecule has 2 fully saturated rings. The molecular formula is C16H24BNO5S. The van der Waals surface area contributed by atoms with Crippen LogP contribution in [0.3, 0.4) is 0 Å². The minimum atomic E-state index is -3.57. The molecule has 2 heterocycles. The number of hydrogen-bond donors (Lipinski definition) is 1. The van der Waals surface area contributed by atoms with Crippen molar-refractivity contribution in [2.24, 2.45) is 0 Å². The Balaban J connectivity index is 1.80. The number of benzene rings is 1. The molecule has 2 aliphatic rings. The van der Waals surface area contributed by atoms with Crippen LogP contribution in [-0.2, 0) is 19.3 Å². The van der Waals surface area contributed by atoms with Crippen LogP contribution >= 0.6 is 0 Å². The second-order valence-corrected chi connectivity index (χ2v) is 9.40. The van der Waals surface area contributed by atoms with E-state index >= 15 is 0 Å². The van der Waals surface area contributed by atoms with Gasteiger partial charge in [-0.3, -0.25) is 0 Å². The van der Waals surface area contributed by atoms with Crippen LogP contribution in [0.2, 0.25) is 0 Å². The van der Waals surface area contributed by atoms with Crippen molar-refractivity contribution in [3.05, 3.63) is 24.3 Å². The number of rotatable bonds is 3. The Hall–Kier alpha value is -0.925. The first-order valence-electron chi connectivity index (χ1n) is 8.17. The number of aliphatic hydroxyl groups is 1. The van der Waals surface area contributed by atoms with Crippen LogP contribution in [0.4, 0.5) is 0 Å². The lowest BCUT2D eigenvalue weighted by atomic mass is 9.79. The SMILES string of the molecule is CC1(C)OB(c2ccc(S(=O)(=O)N3CCC(O)C3)cc2)OC1(C)C. The zero-order valence-corrected chi connectivity index (χ0v) is 15.3. The molecule has 1 aromatic rings. The van der Waals surface area contributed by atoms with E-state index in [4.69, 9.17) is 9.31 Å². The molecule has 6 nitrogen and oxygen atoms in total. The Morgan fingerprint density at radius 2 is 1.67 bits per heavy atom. The number of β-amino-alcohol motifs (C(OH)–C–C–N with tert-alkyl or cyclic N) is 1. The van der Waals surface area contributed by atoms with Crippen LogP contribution in [0.15, 0.2) is 29.2 Å². The lowest BCUT2D eigenvalue weighted by molar-refractivity contribution is 0.00578. The van der Waals surface area contributed by atoms with Gasteiger partial charge in [-0.1, -0.05) is 12.1 Å². The number of hydrogen-bond acceptors (Lipinski definition) is 5. The maximum atomic E-state index is 12.6. The first kappa shape index (κ1) is 17.9. The summed E-state index contributed by atoms with van der Waals surface area (Å²) in [5, 5.41) is 9.56. The van der Waals surface area contributed by atoms with E-state index in [2.05, 4.69) is 0 Å². The molecule has 0 aliphatic carbocycles. The predicted molar refractivity (Wildman–Crippen MR) is 91.5 cm³/mol. The van der Waals surface area contributed by atoms with E-state index in [0.29, 0.717) is 13.0 Å². The van der Waals surface area contributed by atoms with Gasteiger partial charge in [-0.2, -0.15) is 4.31 Å². The minimum absolute atomic E-state index is 0.154. The average molecular weight is 353 g/mol. The molecule has 0 bridgehead atoms. The monoisotopic (exact) mass is 353 g/mol. The lowest BCUT2D eigenvalue weighted by Crippen LogP contribution is -2.41. The predicted octanol–water partition coefficient (Wildman–Crippen LogP) is 0.741. The van der Waals surface area contributed by atoms with Gasteiger partial charge in [0, 0.05) is 13.1 Å². The van der Waals surface area contributed by atoms with Gasteiger partial charge >= 0.3 is 7.12 Å². The maximum Gasteiger partial charge on any atom is 0.494 e. The molecule has 0 aromatic heterocycles. The van der Waals surface area contributed by atoms with Crippen molar-refractivity contribution in [2.75, 3.05) is 13.1 Å². The molecule has 1 unspecified atom stereocenters. The molecule has 2 aliphatic heterocycles. The number of aliphatic hydroxyl groups excluding tert-OH is 1. The Kier molecular flexibility index (Phi) is 4.33. The molecule has 8 heteroatoms. The topological polar surface area (TPSA) is 76.1 Å². The third kappa shape index (κ3) is 3.02. The van der Waals surface area contributed by atoms with E-state index in [0.717, 1.165) is 5.46 Å². The summed E-state index contributed by atoms with van der Waals surface area (Å²) in [5.41, 5.74) is -0.0866. The van der Waals surface area contributed by atoms with Crippen molar-refractivity contribution < 1.29 is 22.8 Å². The summed E-state index contributed by atoms with van der Waals surface area (Å²) >= 11 is 0. The fraction of sp³-hybridized carbons (Fsp3) is 0.625. The minimum Gasteiger partial charge on any atom is -0.399 e. The highest BCUT2D eigenvalue weighted by Crippen LogP contribution is 2.36. The summed E-state index contributed by atoms with van der Waals surface area (Å²) in [4.78, 5) is 0.219. The average Bonchev–Trinajstić information content (AvgIpc) is 3.01. The molecule has 0 radical (unpaired) electrons. The molecule has 132 valence electrons. The van der Waals surface area contributed by atoms with Crippen molar-refractivity contribution in [3.63, 3.8) is 0 Å². The van der Waals surface area contributed by atoms with Crippen LogP contribution in [-0.4, -0.2) is 55.3 Å². The van der Waals surface area contributed by atoms with E-state index in [-0.39, 0.29) is 11.4 Å². The second-order valence-electron chi connectivity index (χ2n) is 7.46. The second kappa shape index (κ2) is 5.81. The molecular weight excluding hydrogens is 329 g/mol. The zero-order valence-electron chi connectivity index (χ0n) is 14.5. The molecule has 2 saturated heterocycles. The first-order chi connectivity index (χ1) is 11.0. The Bertz CT molecular complexity index is 700. The van der Waals surface area contributed by atoms with Gasteiger partial charge in [0.1, 0.15) is 0 Å². The van der Waals surface area contributed by atoms with Crippen LogP contribution in [0.1, 0.15) is 34.1 Å². The third-order valence-corrected chi connectivity index (χ3v) is 7.05. The van der Waals surface area contributed by atoms with E-state index < -0.39 is 34.4 Å². The van der Waals surface area contributed by atoms with Gasteiger partial charge in [0.2, 0.25) is 10.0 Å². The summed E-state index contributed by atoms with van der Waals surface area (Å²) in [6.45, 7) is 8.41. The zero-order chi connectivity index (χ0) is 17.8. The standard InChI is InChI=1S/C16H24BNO5S/c1-15(2)16(3,4)23-17(22-15)12-5-7-14(8-6-12)24(20,21)18-10-9-13(19)11-18/h5-8,13,19H,9-11H2,1-4H3. The van der Waals surface area contributed by atoms with Gasteiger partial charge in [0.05, 0.1) is 22.2 Å². The molecule has 3 rings (SSSR count). The normalized spacial score (nSPS) is 26.9. The highest BCUT2D eigenvalue weighted by atomic mass is 32.2. The summed E-state index contributed by atoms with van der Waals surface area (Å²) < 4.78 is 38.4. The van der Waals surface area contributed by atoms with Crippen molar-refractivity contribution >= 4 is 22.6 Å². The number of nitrogens with zero attached hydrogens (tertiary/aromatic N) is 1. The van der Waals surface area contributed by atoms with E-state index in [1.54, 1.807) is 24.3 Å². The quantitative estimate of drug-likeness (QED) is 0.812. The van der Waals surface area contributed by atoms with Crippen LogP contribution in [0, 0.1) is 0 Å². The first-order valence-corrected chi connectivity index (χ1v) is 9.61. The Morgan fingerprint density at radius 1 is 1.12 bits per heavy atom. The van der Waals surface area contributed by atoms with Gasteiger partial charge in [-0.15, -0.1) is 0 Å². The maximum absolute atomic E-state index is 12.6. The van der Waals surface area contributed by atoms with E-state index in [9.17, 15) is 13.5 Å². The smallest absolute Gasteiger partial charge is 0.399 e. The van der Waals surface area contributed by atoms with Crippen molar-refractivity contribution in [1.82, 2.24) is 4.31 Å². The molecule has 0 saturated carbocycles. The van der Waals surface area contributed by atoms with Gasteiger partial charge in [0.25, 0.3) is 0 Å². The van der Waals surface area contributed by atoms with Gasteiger partial charge < -0.3 is 14.4 Å². The summed E-state index contributed by atoms with van der Waals surface area (Å²) in [7, 11) is -4.08. The lowest BCUT2D eigenvalue weighted by Gasteiger charge is -2.32. The van der Waals surface area contributed by atoms with Gasteiger partial charge in [-0.25, -0.2) is 8.42 Å². The van der Waals surface area contributed by atoms with Gasteiger partial charge in [0.15, 0.2) is 0 Å². The Labute approximate surface area is 144 Å². The Morgan fingerprint density at radius 3 is 2.12 bits per heavy atom.